The van der Waals surface area contributed by atoms with Crippen molar-refractivity contribution >= 4 is 78.8 Å². The van der Waals surface area contributed by atoms with Crippen LogP contribution in [0.1, 0.15) is 130 Å². The van der Waals surface area contributed by atoms with Gasteiger partial charge in [0.2, 0.25) is 0 Å². The highest BCUT2D eigenvalue weighted by Gasteiger charge is 2.53. The SMILES string of the molecule is CCCCCCc1cc2c(B3OC(C)(C)C(C)(C)O3)cc3c(cc(B4OC(C)(C)C(C)(C)O4)c4cc(CCCCCC)sc43)c2s1. The Balaban J connectivity index is 1.55. The number of rotatable bonds is 12. The van der Waals surface area contributed by atoms with E-state index < -0.39 is 36.6 Å². The molecule has 0 N–H and O–H groups in total. The standard InChI is InChI=1S/C38H54B2O4S2/c1-11-13-15-17-19-25-21-29-31(39-41-35(3,4)36(5,6)42-39)24-28-27(33(29)45-25)23-32(40-43-37(7,8)38(9,10)44-40)30-22-26(46-34(28)30)20-18-16-14-12-2/h21-24H,11-20H2,1-10H3. The van der Waals surface area contributed by atoms with Crippen LogP contribution in [0.2, 0.25) is 0 Å². The monoisotopic (exact) mass is 660 g/mol. The lowest BCUT2D eigenvalue weighted by molar-refractivity contribution is 0.00578. The minimum Gasteiger partial charge on any atom is -0.399 e. The average Bonchev–Trinajstić information content (AvgIpc) is 3.69. The van der Waals surface area contributed by atoms with Gasteiger partial charge < -0.3 is 18.6 Å². The summed E-state index contributed by atoms with van der Waals surface area (Å²) in [6.07, 6.45) is 12.3. The molecular weight excluding hydrogens is 606 g/mol. The maximum atomic E-state index is 6.72. The molecule has 4 aromatic rings. The highest BCUT2D eigenvalue weighted by atomic mass is 32.1. The van der Waals surface area contributed by atoms with Crippen molar-refractivity contribution in [2.24, 2.45) is 0 Å². The van der Waals surface area contributed by atoms with Gasteiger partial charge in [0.1, 0.15) is 0 Å². The average molecular weight is 661 g/mol. The van der Waals surface area contributed by atoms with Crippen molar-refractivity contribution in [2.45, 2.75) is 156 Å². The zero-order valence-corrected chi connectivity index (χ0v) is 31.6. The van der Waals surface area contributed by atoms with Crippen molar-refractivity contribution in [1.82, 2.24) is 0 Å². The Morgan fingerprint density at radius 3 is 1.15 bits per heavy atom. The maximum Gasteiger partial charge on any atom is 0.495 e. The van der Waals surface area contributed by atoms with E-state index in [1.165, 1.54) is 92.1 Å². The number of benzene rings is 2. The van der Waals surface area contributed by atoms with Crippen molar-refractivity contribution in [3.8, 4) is 0 Å². The van der Waals surface area contributed by atoms with Gasteiger partial charge in [-0.1, -0.05) is 64.5 Å². The number of aryl methyl sites for hydroxylation is 2. The Morgan fingerprint density at radius 1 is 0.478 bits per heavy atom. The fraction of sp³-hybridized carbons (Fsp3) is 0.632. The van der Waals surface area contributed by atoms with Gasteiger partial charge in [0.05, 0.1) is 22.4 Å². The van der Waals surface area contributed by atoms with Gasteiger partial charge in [-0.05, 0) is 115 Å². The van der Waals surface area contributed by atoms with E-state index >= 15 is 0 Å². The molecule has 248 valence electrons. The molecule has 0 aliphatic carbocycles. The molecule has 8 heteroatoms. The van der Waals surface area contributed by atoms with E-state index in [0.717, 1.165) is 23.8 Å². The van der Waals surface area contributed by atoms with Crippen LogP contribution in [-0.2, 0) is 31.5 Å². The molecule has 0 bridgehead atoms. The zero-order valence-electron chi connectivity index (χ0n) is 30.0. The molecule has 0 spiro atoms. The van der Waals surface area contributed by atoms with Crippen LogP contribution in [0.15, 0.2) is 24.3 Å². The molecule has 6 rings (SSSR count). The molecule has 0 unspecified atom stereocenters. The maximum absolute atomic E-state index is 6.72. The summed E-state index contributed by atoms with van der Waals surface area (Å²) >= 11 is 3.91. The largest absolute Gasteiger partial charge is 0.495 e. The van der Waals surface area contributed by atoms with Gasteiger partial charge in [0.15, 0.2) is 0 Å². The second-order valence-corrected chi connectivity index (χ2v) is 18.0. The van der Waals surface area contributed by atoms with Crippen molar-refractivity contribution in [2.75, 3.05) is 0 Å². The van der Waals surface area contributed by atoms with Gasteiger partial charge in [-0.3, -0.25) is 0 Å². The van der Waals surface area contributed by atoms with Crippen molar-refractivity contribution in [1.29, 1.82) is 0 Å². The highest BCUT2D eigenvalue weighted by molar-refractivity contribution is 7.21. The number of unbranched alkanes of at least 4 members (excludes halogenated alkanes) is 6. The lowest BCUT2D eigenvalue weighted by Crippen LogP contribution is -2.41. The van der Waals surface area contributed by atoms with E-state index in [9.17, 15) is 0 Å². The molecule has 2 aliphatic rings. The molecule has 4 nitrogen and oxygen atoms in total. The number of hydrogen-bond donors (Lipinski definition) is 0. The van der Waals surface area contributed by atoms with Crippen molar-refractivity contribution in [3.63, 3.8) is 0 Å². The summed E-state index contributed by atoms with van der Waals surface area (Å²) in [5, 5.41) is 5.10. The van der Waals surface area contributed by atoms with Crippen LogP contribution in [0.25, 0.3) is 30.9 Å². The van der Waals surface area contributed by atoms with Crippen LogP contribution in [0.4, 0.5) is 0 Å². The summed E-state index contributed by atoms with van der Waals surface area (Å²) in [5.41, 5.74) is 0.704. The predicted octanol–water partition coefficient (Wildman–Crippen LogP) is 10.1. The van der Waals surface area contributed by atoms with Crippen molar-refractivity contribution < 1.29 is 18.6 Å². The molecule has 2 aromatic heterocycles. The first-order valence-corrected chi connectivity index (χ1v) is 19.5. The number of fused-ring (bicyclic) bond motifs is 5. The zero-order chi connectivity index (χ0) is 33.1. The fourth-order valence-electron chi connectivity index (χ4n) is 6.74. The van der Waals surface area contributed by atoms with Gasteiger partial charge in [-0.15, -0.1) is 22.7 Å². The minimum absolute atomic E-state index is 0.400. The van der Waals surface area contributed by atoms with Gasteiger partial charge in [-0.2, -0.15) is 0 Å². The van der Waals surface area contributed by atoms with Gasteiger partial charge in [0, 0.05) is 29.9 Å². The van der Waals surface area contributed by atoms with E-state index in [4.69, 9.17) is 18.6 Å². The van der Waals surface area contributed by atoms with Crippen LogP contribution in [-0.4, -0.2) is 36.6 Å². The summed E-state index contributed by atoms with van der Waals surface area (Å²) < 4.78 is 29.5. The van der Waals surface area contributed by atoms with E-state index in [0.29, 0.717) is 0 Å². The fourth-order valence-corrected chi connectivity index (χ4v) is 9.24. The molecule has 2 aliphatic heterocycles. The van der Waals surface area contributed by atoms with Gasteiger partial charge in [-0.25, -0.2) is 0 Å². The molecule has 0 amide bonds. The third-order valence-electron chi connectivity index (χ3n) is 11.1. The topological polar surface area (TPSA) is 36.9 Å². The Hall–Kier alpha value is -1.41. The van der Waals surface area contributed by atoms with Gasteiger partial charge >= 0.3 is 14.2 Å². The molecular formula is C38H54B2O4S2. The summed E-state index contributed by atoms with van der Waals surface area (Å²) in [6.45, 7) is 21.8. The molecule has 46 heavy (non-hydrogen) atoms. The van der Waals surface area contributed by atoms with Crippen LogP contribution < -0.4 is 10.9 Å². The molecule has 0 atom stereocenters. The summed E-state index contributed by atoms with van der Waals surface area (Å²) in [4.78, 5) is 2.88. The first-order valence-electron chi connectivity index (χ1n) is 17.8. The molecule has 0 radical (unpaired) electrons. The van der Waals surface area contributed by atoms with Crippen LogP contribution in [0.3, 0.4) is 0 Å². The van der Waals surface area contributed by atoms with Gasteiger partial charge in [0.25, 0.3) is 0 Å². The van der Waals surface area contributed by atoms with Crippen molar-refractivity contribution in [3.05, 3.63) is 34.0 Å². The minimum atomic E-state index is -0.411. The third kappa shape index (κ3) is 6.25. The van der Waals surface area contributed by atoms with E-state index in [-0.39, 0.29) is 0 Å². The summed E-state index contributed by atoms with van der Waals surface area (Å²) in [6, 6.07) is 9.64. The quantitative estimate of drug-likeness (QED) is 0.112. The van der Waals surface area contributed by atoms with E-state index in [1.54, 1.807) is 0 Å². The first-order chi connectivity index (χ1) is 21.7. The van der Waals surface area contributed by atoms with E-state index in [1.807, 2.05) is 22.7 Å². The third-order valence-corrected chi connectivity index (χ3v) is 13.6. The molecule has 2 saturated heterocycles. The molecule has 0 saturated carbocycles. The number of hydrogen-bond acceptors (Lipinski definition) is 6. The Kier molecular flexibility index (Phi) is 9.59. The Labute approximate surface area is 286 Å². The summed E-state index contributed by atoms with van der Waals surface area (Å²) in [7, 11) is -0.823. The second-order valence-electron chi connectivity index (χ2n) is 15.7. The molecule has 4 heterocycles. The second kappa shape index (κ2) is 12.8. The molecule has 2 fully saturated rings. The van der Waals surface area contributed by atoms with Crippen LogP contribution in [0, 0.1) is 0 Å². The first kappa shape index (κ1) is 34.5. The smallest absolute Gasteiger partial charge is 0.399 e. The normalized spacial score (nSPS) is 20.2. The lowest BCUT2D eigenvalue weighted by Gasteiger charge is -2.32. The van der Waals surface area contributed by atoms with E-state index in [2.05, 4.69) is 93.5 Å². The molecule has 2 aromatic carbocycles. The Morgan fingerprint density at radius 2 is 0.826 bits per heavy atom. The lowest BCUT2D eigenvalue weighted by atomic mass is 9.73. The Bertz CT molecular complexity index is 1560. The van der Waals surface area contributed by atoms with Crippen LogP contribution >= 0.6 is 22.7 Å². The number of thiophene rings is 2. The summed E-state index contributed by atoms with van der Waals surface area (Å²) in [5.74, 6) is 0. The van der Waals surface area contributed by atoms with Crippen LogP contribution in [0.5, 0.6) is 0 Å². The predicted molar refractivity (Wildman–Crippen MR) is 202 cm³/mol. The highest BCUT2D eigenvalue weighted by Crippen LogP contribution is 2.43.